The average molecular weight is 256 g/mol. The normalized spacial score (nSPS) is 11.4. The van der Waals surface area contributed by atoms with Crippen LogP contribution in [0.5, 0.6) is 0 Å². The van der Waals surface area contributed by atoms with E-state index >= 15 is 0 Å². The predicted octanol–water partition coefficient (Wildman–Crippen LogP) is -2.39. The second-order valence-electron chi connectivity index (χ2n) is 1.90. The first-order valence-corrected chi connectivity index (χ1v) is 4.26. The molecule has 0 saturated heterocycles. The average Bonchev–Trinajstić information content (AvgIpc) is 1.80. The number of rotatable bonds is 3. The maximum absolute atomic E-state index is 9.72. The van der Waals surface area contributed by atoms with Crippen molar-refractivity contribution < 1.29 is 42.4 Å². The van der Waals surface area contributed by atoms with Crippen LogP contribution in [0.4, 0.5) is 0 Å². The van der Waals surface area contributed by atoms with Gasteiger partial charge in [-0.1, -0.05) is 0 Å². The fourth-order valence-corrected chi connectivity index (χ4v) is 0.253. The minimum atomic E-state index is -4.67. The Balaban J connectivity index is -0.000000208. The Morgan fingerprint density at radius 2 is 1.40 bits per heavy atom. The summed E-state index contributed by atoms with van der Waals surface area (Å²) in [4.78, 5) is 19.4. The van der Waals surface area contributed by atoms with Crippen LogP contribution < -0.4 is 0 Å². The molecule has 0 aliphatic heterocycles. The monoisotopic (exact) mass is 256 g/mol. The molecule has 1 atom stereocenters. The van der Waals surface area contributed by atoms with E-state index in [4.69, 9.17) is 32.8 Å². The van der Waals surface area contributed by atoms with E-state index in [1.807, 2.05) is 0 Å². The molecule has 0 radical (unpaired) electrons. The summed E-state index contributed by atoms with van der Waals surface area (Å²) in [6, 6.07) is 0. The Morgan fingerprint density at radius 3 is 1.47 bits per heavy atom. The van der Waals surface area contributed by atoms with Crippen LogP contribution in [0.3, 0.4) is 0 Å². The Labute approximate surface area is 107 Å². The Hall–Kier alpha value is -0.230. The summed E-state index contributed by atoms with van der Waals surface area (Å²) in [5.74, 6) is -2.85. The van der Waals surface area contributed by atoms with Crippen LogP contribution >= 0.6 is 0 Å². The third-order valence-corrected chi connectivity index (χ3v) is 0.653. The van der Waals surface area contributed by atoms with Crippen molar-refractivity contribution in [2.24, 2.45) is 0 Å². The molecule has 0 spiro atoms. The molecule has 5 N–H and O–H groups in total. The number of carboxylic acids is 2. The number of hydrogen-bond donors (Lipinski definition) is 5. The molecule has 0 amide bonds. The van der Waals surface area contributed by atoms with Gasteiger partial charge in [0.25, 0.3) is 0 Å². The summed E-state index contributed by atoms with van der Waals surface area (Å²) in [6.45, 7) is 0. The van der Waals surface area contributed by atoms with Crippen LogP contribution in [-0.2, 0) is 20.0 Å². The van der Waals surface area contributed by atoms with Crippen LogP contribution in [0.25, 0.3) is 0 Å². The second-order valence-corrected chi connectivity index (χ2v) is 2.80. The van der Waals surface area contributed by atoms with E-state index in [0.29, 0.717) is 0 Å². The zero-order valence-electron chi connectivity index (χ0n) is 6.56. The molecular weight excluding hydrogens is 247 g/mol. The van der Waals surface area contributed by atoms with Crippen molar-refractivity contribution in [2.45, 2.75) is 12.5 Å². The summed E-state index contributed by atoms with van der Waals surface area (Å²) in [6.07, 6.45) is -2.54. The first kappa shape index (κ1) is 20.2. The molecule has 0 aromatic rings. The van der Waals surface area contributed by atoms with E-state index in [9.17, 15) is 9.59 Å². The number of aliphatic hydroxyl groups excluding tert-OH is 1. The zero-order chi connectivity index (χ0) is 11.9. The number of aliphatic carboxylic acids is 2. The van der Waals surface area contributed by atoms with Crippen molar-refractivity contribution >= 4 is 51.9 Å². The molecule has 86 valence electrons. The number of carboxylic acid groups (broad SMARTS) is 2. The molecule has 0 bridgehead atoms. The van der Waals surface area contributed by atoms with Gasteiger partial charge in [-0.3, -0.25) is 13.9 Å². The Morgan fingerprint density at radius 1 is 1.13 bits per heavy atom. The van der Waals surface area contributed by atoms with E-state index in [2.05, 4.69) is 0 Å². The van der Waals surface area contributed by atoms with Gasteiger partial charge < -0.3 is 15.3 Å². The molecule has 0 aromatic carbocycles. The van der Waals surface area contributed by atoms with Gasteiger partial charge in [0.2, 0.25) is 0 Å². The van der Waals surface area contributed by atoms with Crippen molar-refractivity contribution in [3.05, 3.63) is 0 Å². The van der Waals surface area contributed by atoms with Gasteiger partial charge in [0.15, 0.2) is 6.10 Å². The van der Waals surface area contributed by atoms with Gasteiger partial charge in [-0.05, 0) is 0 Å². The molecule has 0 saturated carbocycles. The van der Waals surface area contributed by atoms with Crippen LogP contribution in [0.1, 0.15) is 6.42 Å². The predicted molar refractivity (Wildman–Crippen MR) is 47.2 cm³/mol. The maximum atomic E-state index is 9.72. The molecule has 0 rings (SSSR count). The second kappa shape index (κ2) is 9.03. The van der Waals surface area contributed by atoms with E-state index in [1.54, 1.807) is 0 Å². The van der Waals surface area contributed by atoms with Crippen LogP contribution in [-0.4, -0.2) is 80.4 Å². The molecule has 0 aliphatic carbocycles. The summed E-state index contributed by atoms with van der Waals surface area (Å²) in [5, 5.41) is 24.1. The first-order chi connectivity index (χ1) is 6.04. The molecule has 0 aromatic heterocycles. The van der Waals surface area contributed by atoms with E-state index < -0.39 is 34.9 Å². The number of carbonyl (C=O) groups is 2. The fraction of sp³-hybridized carbons (Fsp3) is 0.500. The van der Waals surface area contributed by atoms with Crippen LogP contribution in [0.2, 0.25) is 0 Å². The first-order valence-electron chi connectivity index (χ1n) is 2.86. The van der Waals surface area contributed by atoms with E-state index in [-0.39, 0.29) is 29.6 Å². The zero-order valence-corrected chi connectivity index (χ0v) is 7.38. The summed E-state index contributed by atoms with van der Waals surface area (Å²) >= 11 is 0. The number of aliphatic hydroxyl groups is 1. The minimum absolute atomic E-state index is 0. The SMILES string of the molecule is O=C(O)CC(O)C(=O)O.O=S(=O)(O)O.[NaH]. The van der Waals surface area contributed by atoms with Crippen molar-refractivity contribution in [3.63, 3.8) is 0 Å². The molecule has 0 heterocycles. The molecule has 0 fully saturated rings. The van der Waals surface area contributed by atoms with Crippen molar-refractivity contribution in [2.75, 3.05) is 0 Å². The molecule has 9 nitrogen and oxygen atoms in total. The molecule has 0 aliphatic rings. The third-order valence-electron chi connectivity index (χ3n) is 0.653. The van der Waals surface area contributed by atoms with E-state index in [0.717, 1.165) is 0 Å². The number of hydrogen-bond acceptors (Lipinski definition) is 5. The van der Waals surface area contributed by atoms with Gasteiger partial charge in [0.1, 0.15) is 0 Å². The summed E-state index contributed by atoms with van der Waals surface area (Å²) < 4.78 is 31.6. The van der Waals surface area contributed by atoms with Crippen LogP contribution in [0, 0.1) is 0 Å². The summed E-state index contributed by atoms with van der Waals surface area (Å²) in [5.41, 5.74) is 0. The van der Waals surface area contributed by atoms with Crippen molar-refractivity contribution in [1.29, 1.82) is 0 Å². The van der Waals surface area contributed by atoms with Gasteiger partial charge in [-0.2, -0.15) is 8.42 Å². The standard InChI is InChI=1S/C4H6O5.Na.H2O4S.H/c5-2(4(8)9)1-3(6)7;;1-5(2,3)4;/h2,5H,1H2,(H,6,7)(H,8,9);;(H2,1,2,3,4);. The molecule has 1 unspecified atom stereocenters. The van der Waals surface area contributed by atoms with Gasteiger partial charge in [0, 0.05) is 0 Å². The van der Waals surface area contributed by atoms with Gasteiger partial charge in [-0.15, -0.1) is 0 Å². The topological polar surface area (TPSA) is 169 Å². The van der Waals surface area contributed by atoms with Crippen molar-refractivity contribution in [1.82, 2.24) is 0 Å². The van der Waals surface area contributed by atoms with Gasteiger partial charge in [0.05, 0.1) is 6.42 Å². The molecule has 11 heteroatoms. The van der Waals surface area contributed by atoms with Crippen LogP contribution in [0.15, 0.2) is 0 Å². The molecule has 15 heavy (non-hydrogen) atoms. The Bertz CT molecular complexity index is 287. The van der Waals surface area contributed by atoms with Gasteiger partial charge >= 0.3 is 51.9 Å². The van der Waals surface area contributed by atoms with Gasteiger partial charge in [-0.25, -0.2) is 4.79 Å². The third kappa shape index (κ3) is 31.6. The quantitative estimate of drug-likeness (QED) is 0.273. The Kier molecular flexibility index (Phi) is 12.2. The summed E-state index contributed by atoms with van der Waals surface area (Å²) in [7, 11) is -4.67. The molecular formula is C4H9NaO9S. The van der Waals surface area contributed by atoms with E-state index in [1.165, 1.54) is 0 Å². The van der Waals surface area contributed by atoms with Crippen molar-refractivity contribution in [3.8, 4) is 0 Å². The fourth-order valence-electron chi connectivity index (χ4n) is 0.253.